The highest BCUT2D eigenvalue weighted by Gasteiger charge is 2.29. The fourth-order valence-corrected chi connectivity index (χ4v) is 2.09. The Morgan fingerprint density at radius 1 is 1.28 bits per heavy atom. The maximum Gasteiger partial charge on any atom is 0.236 e. The van der Waals surface area contributed by atoms with E-state index >= 15 is 0 Å². The number of aromatic nitrogens is 2. The van der Waals surface area contributed by atoms with Crippen molar-refractivity contribution >= 4 is 17.4 Å². The van der Waals surface area contributed by atoms with Gasteiger partial charge in [0, 0.05) is 5.69 Å². The van der Waals surface area contributed by atoms with Gasteiger partial charge in [-0.3, -0.25) is 0 Å². The minimum absolute atomic E-state index is 0.308. The predicted octanol–water partition coefficient (Wildman–Crippen LogP) is 2.84. The van der Waals surface area contributed by atoms with Gasteiger partial charge in [0.1, 0.15) is 0 Å². The van der Waals surface area contributed by atoms with E-state index in [9.17, 15) is 0 Å². The van der Waals surface area contributed by atoms with Crippen LogP contribution in [0, 0.1) is 0 Å². The third-order valence-corrected chi connectivity index (χ3v) is 3.46. The summed E-state index contributed by atoms with van der Waals surface area (Å²) in [5.41, 5.74) is 7.25. The molecule has 0 fully saturated rings. The summed E-state index contributed by atoms with van der Waals surface area (Å²) in [6.45, 7) is 4.13. The Morgan fingerprint density at radius 2 is 1.94 bits per heavy atom. The number of nitrogen functional groups attached to an aromatic ring is 1. The van der Waals surface area contributed by atoms with Crippen molar-refractivity contribution < 1.29 is 4.52 Å². The molecule has 0 aliphatic carbocycles. The molecule has 0 atom stereocenters. The van der Waals surface area contributed by atoms with E-state index in [0.717, 1.165) is 22.8 Å². The largest absolute Gasteiger partial charge is 0.399 e. The first-order valence-corrected chi connectivity index (χ1v) is 7.11. The molecule has 1 heterocycles. The van der Waals surface area contributed by atoms with E-state index in [-0.39, 0.29) is 5.41 Å². The van der Waals surface area contributed by atoms with Gasteiger partial charge in [0.05, 0.1) is 11.2 Å². The van der Waals surface area contributed by atoms with Crippen LogP contribution in [-0.2, 0) is 11.2 Å². The molecule has 0 spiro atoms. The second-order valence-electron chi connectivity index (χ2n) is 4.70. The summed E-state index contributed by atoms with van der Waals surface area (Å²) in [6.07, 6.45) is 2.02. The molecule has 2 N–H and O–H groups in total. The Kier molecular flexibility index (Phi) is 3.61. The molecule has 0 saturated heterocycles. The van der Waals surface area contributed by atoms with Crippen molar-refractivity contribution in [2.45, 2.75) is 25.0 Å². The van der Waals surface area contributed by atoms with E-state index in [1.54, 1.807) is 11.8 Å². The van der Waals surface area contributed by atoms with Crippen molar-refractivity contribution in [3.63, 3.8) is 0 Å². The third kappa shape index (κ3) is 2.51. The lowest BCUT2D eigenvalue weighted by molar-refractivity contribution is 0.330. The number of nitrogens with zero attached hydrogens (tertiary/aromatic N) is 2. The van der Waals surface area contributed by atoms with Crippen molar-refractivity contribution in [1.29, 1.82) is 0 Å². The van der Waals surface area contributed by atoms with Gasteiger partial charge in [0.25, 0.3) is 0 Å². The van der Waals surface area contributed by atoms with E-state index in [2.05, 4.69) is 24.0 Å². The number of thioether (sulfide) groups is 1. The molecule has 2 rings (SSSR count). The van der Waals surface area contributed by atoms with Gasteiger partial charge in [-0.05, 0) is 37.8 Å². The van der Waals surface area contributed by atoms with Crippen molar-refractivity contribution in [2.75, 3.05) is 12.0 Å². The van der Waals surface area contributed by atoms with Gasteiger partial charge < -0.3 is 10.3 Å². The molecule has 0 aliphatic rings. The molecule has 4 nitrogen and oxygen atoms in total. The Balaban J connectivity index is 2.31. The lowest BCUT2D eigenvalue weighted by Crippen LogP contribution is -2.19. The van der Waals surface area contributed by atoms with Gasteiger partial charge in [-0.15, -0.1) is 0 Å². The summed E-state index contributed by atoms with van der Waals surface area (Å²) in [5, 5.41) is 3.98. The zero-order valence-corrected chi connectivity index (χ0v) is 11.6. The third-order valence-electron chi connectivity index (χ3n) is 2.91. The van der Waals surface area contributed by atoms with E-state index < -0.39 is 0 Å². The fraction of sp³-hybridized carbons (Fsp3) is 0.385. The first kappa shape index (κ1) is 13.0. The zero-order valence-electron chi connectivity index (χ0n) is 10.8. The summed E-state index contributed by atoms with van der Waals surface area (Å²) in [7, 11) is 0. The summed E-state index contributed by atoms with van der Waals surface area (Å²) < 4.78 is 5.36. The normalized spacial score (nSPS) is 11.7. The van der Waals surface area contributed by atoms with E-state index in [0.29, 0.717) is 5.89 Å². The average molecular weight is 263 g/mol. The fourth-order valence-electron chi connectivity index (χ4n) is 1.72. The van der Waals surface area contributed by atoms with Gasteiger partial charge in [-0.1, -0.05) is 17.3 Å². The number of anilines is 1. The van der Waals surface area contributed by atoms with Gasteiger partial charge in [-0.25, -0.2) is 0 Å². The first-order valence-electron chi connectivity index (χ1n) is 5.72. The van der Waals surface area contributed by atoms with Crippen LogP contribution in [0.2, 0.25) is 0 Å². The summed E-state index contributed by atoms with van der Waals surface area (Å²) in [5.74, 6) is 2.14. The molecule has 0 amide bonds. The summed E-state index contributed by atoms with van der Waals surface area (Å²) >= 11 is 1.67. The molecule has 18 heavy (non-hydrogen) atoms. The van der Waals surface area contributed by atoms with Gasteiger partial charge >= 0.3 is 0 Å². The molecule has 2 aromatic rings. The monoisotopic (exact) mass is 263 g/mol. The van der Waals surface area contributed by atoms with Crippen LogP contribution in [-0.4, -0.2) is 16.4 Å². The van der Waals surface area contributed by atoms with E-state index in [4.69, 9.17) is 10.3 Å². The minimum atomic E-state index is -0.308. The SMILES string of the molecule is CSCc1noc(C(C)(C)c2ccc(N)cc2)n1. The van der Waals surface area contributed by atoms with Gasteiger partial charge in [0.15, 0.2) is 5.82 Å². The number of benzene rings is 1. The first-order chi connectivity index (χ1) is 8.54. The summed E-state index contributed by atoms with van der Waals surface area (Å²) in [4.78, 5) is 4.44. The molecular weight excluding hydrogens is 246 g/mol. The van der Waals surface area contributed by atoms with E-state index in [1.165, 1.54) is 0 Å². The quantitative estimate of drug-likeness (QED) is 0.859. The smallest absolute Gasteiger partial charge is 0.236 e. The molecule has 96 valence electrons. The Labute approximate surface area is 111 Å². The van der Waals surface area contributed by atoms with Crippen molar-refractivity contribution in [1.82, 2.24) is 10.1 Å². The second-order valence-corrected chi connectivity index (χ2v) is 5.56. The van der Waals surface area contributed by atoms with Crippen molar-refractivity contribution in [3.8, 4) is 0 Å². The van der Waals surface area contributed by atoms with Gasteiger partial charge in [0.2, 0.25) is 5.89 Å². The van der Waals surface area contributed by atoms with Crippen molar-refractivity contribution in [2.24, 2.45) is 0 Å². The number of nitrogens with two attached hydrogens (primary N) is 1. The number of hydrogen-bond acceptors (Lipinski definition) is 5. The van der Waals surface area contributed by atoms with Crippen molar-refractivity contribution in [3.05, 3.63) is 41.5 Å². The molecular formula is C13H17N3OS. The molecule has 1 aromatic heterocycles. The average Bonchev–Trinajstić information content (AvgIpc) is 2.79. The van der Waals surface area contributed by atoms with Crippen LogP contribution >= 0.6 is 11.8 Å². The Morgan fingerprint density at radius 3 is 2.56 bits per heavy atom. The highest BCUT2D eigenvalue weighted by Crippen LogP contribution is 2.30. The Hall–Kier alpha value is -1.49. The number of rotatable bonds is 4. The van der Waals surface area contributed by atoms with Crippen LogP contribution < -0.4 is 5.73 Å². The maximum atomic E-state index is 5.70. The van der Waals surface area contributed by atoms with Crippen LogP contribution in [0.1, 0.15) is 31.1 Å². The topological polar surface area (TPSA) is 64.9 Å². The lowest BCUT2D eigenvalue weighted by Gasteiger charge is -2.20. The van der Waals surface area contributed by atoms with Crippen LogP contribution in [0.3, 0.4) is 0 Å². The molecule has 0 unspecified atom stereocenters. The molecule has 0 aliphatic heterocycles. The lowest BCUT2D eigenvalue weighted by atomic mass is 9.84. The zero-order chi connectivity index (χ0) is 13.2. The summed E-state index contributed by atoms with van der Waals surface area (Å²) in [6, 6.07) is 7.76. The van der Waals surface area contributed by atoms with Crippen LogP contribution in [0.4, 0.5) is 5.69 Å². The molecule has 0 bridgehead atoms. The standard InChI is InChI=1S/C13H17N3OS/c1-13(2,9-4-6-10(14)7-5-9)12-15-11(8-18-3)16-17-12/h4-7H,8,14H2,1-3H3. The molecule has 1 aromatic carbocycles. The minimum Gasteiger partial charge on any atom is -0.399 e. The Bertz CT molecular complexity index is 519. The molecule has 5 heteroatoms. The number of hydrogen-bond donors (Lipinski definition) is 1. The van der Waals surface area contributed by atoms with Crippen LogP contribution in [0.15, 0.2) is 28.8 Å². The van der Waals surface area contributed by atoms with Gasteiger partial charge in [-0.2, -0.15) is 16.7 Å². The van der Waals surface area contributed by atoms with Crippen LogP contribution in [0.25, 0.3) is 0 Å². The second kappa shape index (κ2) is 5.02. The maximum absolute atomic E-state index is 5.70. The van der Waals surface area contributed by atoms with E-state index in [1.807, 2.05) is 30.5 Å². The highest BCUT2D eigenvalue weighted by atomic mass is 32.2. The highest BCUT2D eigenvalue weighted by molar-refractivity contribution is 7.97. The molecule has 0 saturated carbocycles. The van der Waals surface area contributed by atoms with Crippen LogP contribution in [0.5, 0.6) is 0 Å². The molecule has 0 radical (unpaired) electrons. The predicted molar refractivity (Wildman–Crippen MR) is 74.5 cm³/mol.